The minimum Gasteiger partial charge on any atom is -0.323 e. The summed E-state index contributed by atoms with van der Waals surface area (Å²) in [5.41, 5.74) is 0.765. The van der Waals surface area contributed by atoms with Gasteiger partial charge < -0.3 is 5.32 Å². The summed E-state index contributed by atoms with van der Waals surface area (Å²) in [5, 5.41) is 2.86. The van der Waals surface area contributed by atoms with Gasteiger partial charge in [0.2, 0.25) is 0 Å². The number of nitrogens with zero attached hydrogens (tertiary/aromatic N) is 2. The van der Waals surface area contributed by atoms with E-state index in [9.17, 15) is 9.59 Å². The second-order valence-electron chi connectivity index (χ2n) is 6.44. The van der Waals surface area contributed by atoms with E-state index in [1.165, 1.54) is 4.90 Å². The van der Waals surface area contributed by atoms with Crippen molar-refractivity contribution in [3.63, 3.8) is 0 Å². The zero-order chi connectivity index (χ0) is 14.7. The summed E-state index contributed by atoms with van der Waals surface area (Å²) in [6.07, 6.45) is 4.57. The maximum Gasteiger partial charge on any atom is 0.329 e. The number of urea groups is 1. The molecule has 1 aromatic heterocycles. The van der Waals surface area contributed by atoms with E-state index in [1.54, 1.807) is 12.4 Å². The average Bonchev–Trinajstić information content (AvgIpc) is 2.54. The Morgan fingerprint density at radius 1 is 1.30 bits per heavy atom. The molecule has 1 aliphatic carbocycles. The van der Waals surface area contributed by atoms with E-state index in [2.05, 4.69) is 40.1 Å². The highest BCUT2D eigenvalue weighted by Crippen LogP contribution is 2.51. The zero-order valence-electron chi connectivity index (χ0n) is 11.7. The van der Waals surface area contributed by atoms with E-state index < -0.39 is 5.54 Å². The molecule has 0 radical (unpaired) electrons. The number of imide groups is 1. The number of anilines is 1. The molecule has 0 unspecified atom stereocenters. The molecule has 3 rings (SSSR count). The summed E-state index contributed by atoms with van der Waals surface area (Å²) in [7, 11) is 0. The van der Waals surface area contributed by atoms with Crippen LogP contribution in [0.5, 0.6) is 0 Å². The van der Waals surface area contributed by atoms with Crippen LogP contribution in [-0.4, -0.2) is 22.5 Å². The molecule has 3 amide bonds. The van der Waals surface area contributed by atoms with Gasteiger partial charge in [-0.05, 0) is 46.7 Å². The number of halogens is 1. The summed E-state index contributed by atoms with van der Waals surface area (Å²) >= 11 is 3.38. The Morgan fingerprint density at radius 3 is 2.55 bits per heavy atom. The standard InChI is InChI=1S/C14H16BrN3O2/c1-8-9(15)4-16-5-10(8)18-11(19)14(17-12(18)20)6-13(2,3)7-14/h4-5H,6-7H2,1-3H3,(H,17,20). The lowest BCUT2D eigenvalue weighted by atomic mass is 9.59. The third kappa shape index (κ3) is 1.78. The fourth-order valence-electron chi connectivity index (χ4n) is 3.38. The Bertz CT molecular complexity index is 619. The first-order valence-corrected chi connectivity index (χ1v) is 7.32. The van der Waals surface area contributed by atoms with Crippen molar-refractivity contribution in [3.8, 4) is 0 Å². The molecule has 1 spiro atoms. The van der Waals surface area contributed by atoms with Crippen LogP contribution < -0.4 is 10.2 Å². The molecule has 0 bridgehead atoms. The van der Waals surface area contributed by atoms with Crippen LogP contribution in [0.15, 0.2) is 16.9 Å². The first-order valence-electron chi connectivity index (χ1n) is 6.53. The Morgan fingerprint density at radius 2 is 1.95 bits per heavy atom. The summed E-state index contributed by atoms with van der Waals surface area (Å²) in [6, 6.07) is -0.353. The van der Waals surface area contributed by atoms with E-state index in [4.69, 9.17) is 0 Å². The molecule has 106 valence electrons. The summed E-state index contributed by atoms with van der Waals surface area (Å²) < 4.78 is 0.783. The van der Waals surface area contributed by atoms with Gasteiger partial charge in [0, 0.05) is 10.7 Å². The molecule has 1 aliphatic heterocycles. The number of pyridine rings is 1. The molecule has 1 aromatic rings. The molecule has 6 heteroatoms. The maximum atomic E-state index is 12.7. The van der Waals surface area contributed by atoms with Gasteiger partial charge in [-0.1, -0.05) is 13.8 Å². The SMILES string of the molecule is Cc1c(Br)cncc1N1C(=O)NC2(CC(C)(C)C2)C1=O. The van der Waals surface area contributed by atoms with Gasteiger partial charge in [0.05, 0.1) is 11.9 Å². The summed E-state index contributed by atoms with van der Waals surface area (Å²) in [4.78, 5) is 30.2. The lowest BCUT2D eigenvalue weighted by Crippen LogP contribution is -2.60. The third-order valence-electron chi connectivity index (χ3n) is 4.09. The Labute approximate surface area is 125 Å². The first kappa shape index (κ1) is 13.5. The highest BCUT2D eigenvalue weighted by Gasteiger charge is 2.61. The lowest BCUT2D eigenvalue weighted by molar-refractivity contribution is -0.129. The molecule has 0 aromatic carbocycles. The smallest absolute Gasteiger partial charge is 0.323 e. The van der Waals surface area contributed by atoms with E-state index >= 15 is 0 Å². The van der Waals surface area contributed by atoms with Crippen molar-refractivity contribution in [1.29, 1.82) is 0 Å². The number of hydrogen-bond donors (Lipinski definition) is 1. The number of carbonyl (C=O) groups excluding carboxylic acids is 2. The molecule has 20 heavy (non-hydrogen) atoms. The number of carbonyl (C=O) groups is 2. The number of amides is 3. The fraction of sp³-hybridized carbons (Fsp3) is 0.500. The van der Waals surface area contributed by atoms with Gasteiger partial charge in [0.15, 0.2) is 0 Å². The maximum absolute atomic E-state index is 12.7. The molecule has 1 saturated carbocycles. The Hall–Kier alpha value is -1.43. The monoisotopic (exact) mass is 337 g/mol. The van der Waals surface area contributed by atoms with Crippen LogP contribution in [0.4, 0.5) is 10.5 Å². The van der Waals surface area contributed by atoms with Crippen LogP contribution in [0.25, 0.3) is 0 Å². The van der Waals surface area contributed by atoms with Gasteiger partial charge in [-0.15, -0.1) is 0 Å². The van der Waals surface area contributed by atoms with Gasteiger partial charge in [0.25, 0.3) is 5.91 Å². The van der Waals surface area contributed by atoms with Crippen molar-refractivity contribution in [1.82, 2.24) is 10.3 Å². The first-order chi connectivity index (χ1) is 9.26. The topological polar surface area (TPSA) is 62.3 Å². The van der Waals surface area contributed by atoms with Gasteiger partial charge >= 0.3 is 6.03 Å². The van der Waals surface area contributed by atoms with Crippen LogP contribution in [0.2, 0.25) is 0 Å². The second kappa shape index (κ2) is 4.04. The molecular formula is C14H16BrN3O2. The lowest BCUT2D eigenvalue weighted by Gasteiger charge is -2.48. The third-order valence-corrected chi connectivity index (χ3v) is 4.89. The molecule has 5 nitrogen and oxygen atoms in total. The van der Waals surface area contributed by atoms with Crippen molar-refractivity contribution in [2.45, 2.75) is 39.2 Å². The molecule has 2 aliphatic rings. The van der Waals surface area contributed by atoms with E-state index in [0.717, 1.165) is 10.0 Å². The predicted octanol–water partition coefficient (Wildman–Crippen LogP) is 2.77. The fourth-order valence-corrected chi connectivity index (χ4v) is 3.70. The van der Waals surface area contributed by atoms with Crippen LogP contribution in [0.3, 0.4) is 0 Å². The van der Waals surface area contributed by atoms with E-state index in [-0.39, 0.29) is 17.4 Å². The molecule has 1 N–H and O–H groups in total. The quantitative estimate of drug-likeness (QED) is 0.801. The summed E-state index contributed by atoms with van der Waals surface area (Å²) in [5.74, 6) is -0.162. The number of aromatic nitrogens is 1. The van der Waals surface area contributed by atoms with E-state index in [1.807, 2.05) is 6.92 Å². The van der Waals surface area contributed by atoms with Gasteiger partial charge in [-0.3, -0.25) is 9.78 Å². The molecule has 0 atom stereocenters. The minimum atomic E-state index is -0.713. The highest BCUT2D eigenvalue weighted by atomic mass is 79.9. The van der Waals surface area contributed by atoms with Crippen LogP contribution in [-0.2, 0) is 4.79 Å². The number of rotatable bonds is 1. The van der Waals surface area contributed by atoms with Crippen LogP contribution in [0.1, 0.15) is 32.3 Å². The Balaban J connectivity index is 1.98. The van der Waals surface area contributed by atoms with E-state index in [0.29, 0.717) is 18.5 Å². The van der Waals surface area contributed by atoms with Gasteiger partial charge in [0.1, 0.15) is 5.54 Å². The van der Waals surface area contributed by atoms with Crippen molar-refractivity contribution in [2.24, 2.45) is 5.41 Å². The number of hydrogen-bond acceptors (Lipinski definition) is 3. The normalized spacial score (nSPS) is 22.9. The van der Waals surface area contributed by atoms with Crippen molar-refractivity contribution in [3.05, 3.63) is 22.4 Å². The Kier molecular flexibility index (Phi) is 2.73. The number of nitrogens with one attached hydrogen (secondary N) is 1. The van der Waals surface area contributed by atoms with Crippen LogP contribution >= 0.6 is 15.9 Å². The van der Waals surface area contributed by atoms with Crippen molar-refractivity contribution in [2.75, 3.05) is 4.90 Å². The van der Waals surface area contributed by atoms with Crippen molar-refractivity contribution < 1.29 is 9.59 Å². The minimum absolute atomic E-state index is 0.101. The molecule has 2 fully saturated rings. The van der Waals surface area contributed by atoms with Crippen molar-refractivity contribution >= 4 is 33.6 Å². The zero-order valence-corrected chi connectivity index (χ0v) is 13.2. The predicted molar refractivity (Wildman–Crippen MR) is 78.4 cm³/mol. The largest absolute Gasteiger partial charge is 0.329 e. The molecular weight excluding hydrogens is 322 g/mol. The van der Waals surface area contributed by atoms with Crippen LogP contribution in [0, 0.1) is 12.3 Å². The van der Waals surface area contributed by atoms with Gasteiger partial charge in [-0.25, -0.2) is 9.69 Å². The second-order valence-corrected chi connectivity index (χ2v) is 7.29. The molecule has 1 saturated heterocycles. The molecule has 2 heterocycles. The highest BCUT2D eigenvalue weighted by molar-refractivity contribution is 9.10. The average molecular weight is 338 g/mol. The summed E-state index contributed by atoms with van der Waals surface area (Å²) in [6.45, 7) is 6.07. The van der Waals surface area contributed by atoms with Gasteiger partial charge in [-0.2, -0.15) is 0 Å².